The van der Waals surface area contributed by atoms with Crippen LogP contribution in [0, 0.1) is 12.3 Å². The van der Waals surface area contributed by atoms with Crippen molar-refractivity contribution in [2.24, 2.45) is 5.73 Å². The van der Waals surface area contributed by atoms with Crippen LogP contribution in [0.15, 0.2) is 18.2 Å². The molecule has 0 spiro atoms. The Bertz CT molecular complexity index is 662. The van der Waals surface area contributed by atoms with Gasteiger partial charge in [0.15, 0.2) is 0 Å². The minimum Gasteiger partial charge on any atom is -0.392 e. The van der Waals surface area contributed by atoms with Crippen LogP contribution in [0.5, 0.6) is 0 Å². The second-order valence-electron chi connectivity index (χ2n) is 4.53. The first kappa shape index (κ1) is 13.9. The van der Waals surface area contributed by atoms with E-state index >= 15 is 0 Å². The Labute approximate surface area is 115 Å². The van der Waals surface area contributed by atoms with Gasteiger partial charge in [-0.1, -0.05) is 6.07 Å². The number of fused-ring (bicyclic) bond motifs is 1. The summed E-state index contributed by atoms with van der Waals surface area (Å²) in [7, 11) is 0. The van der Waals surface area contributed by atoms with Crippen LogP contribution in [-0.2, 0) is 17.8 Å². The number of aromatic amines is 1. The molecule has 0 aliphatic rings. The lowest BCUT2D eigenvalue weighted by Crippen LogP contribution is -2.45. The second kappa shape index (κ2) is 5.62. The van der Waals surface area contributed by atoms with Crippen molar-refractivity contribution >= 4 is 22.8 Å². The lowest BCUT2D eigenvalue weighted by molar-refractivity contribution is -0.121. The van der Waals surface area contributed by atoms with E-state index in [1.54, 1.807) is 0 Å². The Morgan fingerprint density at radius 3 is 2.85 bits per heavy atom. The molecule has 7 N–H and O–H groups in total. The number of amides is 1. The van der Waals surface area contributed by atoms with E-state index in [1.807, 2.05) is 25.1 Å². The fourth-order valence-corrected chi connectivity index (χ4v) is 2.10. The highest BCUT2D eigenvalue weighted by atomic mass is 16.3. The summed E-state index contributed by atoms with van der Waals surface area (Å²) in [6.45, 7) is 1.84. The van der Waals surface area contributed by atoms with Crippen molar-refractivity contribution in [3.8, 4) is 0 Å². The minimum atomic E-state index is -0.323. The third-order valence-corrected chi connectivity index (χ3v) is 3.04. The zero-order chi connectivity index (χ0) is 14.7. The van der Waals surface area contributed by atoms with Gasteiger partial charge in [-0.3, -0.25) is 21.1 Å². The molecule has 2 rings (SSSR count). The van der Waals surface area contributed by atoms with Gasteiger partial charge < -0.3 is 15.8 Å². The highest BCUT2D eigenvalue weighted by Crippen LogP contribution is 2.24. The van der Waals surface area contributed by atoms with Crippen LogP contribution in [0.3, 0.4) is 0 Å². The average Bonchev–Trinajstić information content (AvgIpc) is 2.72. The van der Waals surface area contributed by atoms with E-state index in [9.17, 15) is 9.90 Å². The molecule has 0 radical (unpaired) electrons. The number of carbonyl (C=O) groups excluding carboxylic acids is 1. The van der Waals surface area contributed by atoms with Crippen molar-refractivity contribution < 1.29 is 9.90 Å². The van der Waals surface area contributed by atoms with Crippen LogP contribution in [0.25, 0.3) is 10.9 Å². The summed E-state index contributed by atoms with van der Waals surface area (Å²) in [5.74, 6) is -0.616. The van der Waals surface area contributed by atoms with Gasteiger partial charge in [0.25, 0.3) is 0 Å². The van der Waals surface area contributed by atoms with E-state index in [0.717, 1.165) is 27.7 Å². The summed E-state index contributed by atoms with van der Waals surface area (Å²) < 4.78 is 0. The first-order valence-electron chi connectivity index (χ1n) is 6.11. The smallest absolute Gasteiger partial charge is 0.242 e. The molecule has 0 saturated heterocycles. The van der Waals surface area contributed by atoms with E-state index in [0.29, 0.717) is 0 Å². The molecule has 0 aliphatic carbocycles. The number of carbonyl (C=O) groups is 1. The Morgan fingerprint density at radius 1 is 1.45 bits per heavy atom. The molecule has 0 saturated carbocycles. The normalized spacial score (nSPS) is 10.5. The van der Waals surface area contributed by atoms with E-state index in [1.165, 1.54) is 0 Å². The summed E-state index contributed by atoms with van der Waals surface area (Å²) >= 11 is 0. The predicted octanol–water partition coefficient (Wildman–Crippen LogP) is 0.0254. The van der Waals surface area contributed by atoms with Crippen LogP contribution >= 0.6 is 0 Å². The van der Waals surface area contributed by atoms with Gasteiger partial charge in [0.2, 0.25) is 11.9 Å². The molecule has 0 bridgehead atoms. The quantitative estimate of drug-likeness (QED) is 0.268. The Hall–Kier alpha value is -2.54. The van der Waals surface area contributed by atoms with Crippen molar-refractivity contribution in [3.63, 3.8) is 0 Å². The molecule has 1 heterocycles. The number of aliphatic hydroxyl groups excluding tert-OH is 1. The SMILES string of the molecule is Cc1[nH]c2ccc(CO)cc2c1CC(=O)NNC(=N)N. The number of hydrazine groups is 1. The van der Waals surface area contributed by atoms with E-state index < -0.39 is 0 Å². The molecule has 2 aromatic rings. The number of hydrogen-bond donors (Lipinski definition) is 6. The minimum absolute atomic E-state index is 0.0440. The topological polar surface area (TPSA) is 127 Å². The van der Waals surface area contributed by atoms with Crippen LogP contribution < -0.4 is 16.6 Å². The largest absolute Gasteiger partial charge is 0.392 e. The molecule has 0 unspecified atom stereocenters. The molecular weight excluding hydrogens is 258 g/mol. The summed E-state index contributed by atoms with van der Waals surface area (Å²) in [5.41, 5.74) is 13.2. The molecule has 20 heavy (non-hydrogen) atoms. The molecule has 1 amide bonds. The number of nitrogens with one attached hydrogen (secondary N) is 4. The highest BCUT2D eigenvalue weighted by Gasteiger charge is 2.13. The van der Waals surface area contributed by atoms with Crippen molar-refractivity contribution in [1.29, 1.82) is 5.41 Å². The van der Waals surface area contributed by atoms with Gasteiger partial charge in [-0.05, 0) is 30.2 Å². The Kier molecular flexibility index (Phi) is 3.90. The van der Waals surface area contributed by atoms with Crippen LogP contribution in [0.1, 0.15) is 16.8 Å². The number of guanidine groups is 1. The molecule has 7 nitrogen and oxygen atoms in total. The summed E-state index contributed by atoms with van der Waals surface area (Å²) in [6, 6.07) is 5.57. The van der Waals surface area contributed by atoms with Gasteiger partial charge in [-0.25, -0.2) is 0 Å². The maximum Gasteiger partial charge on any atom is 0.242 e. The predicted molar refractivity (Wildman–Crippen MR) is 75.9 cm³/mol. The van der Waals surface area contributed by atoms with E-state index in [4.69, 9.17) is 11.1 Å². The number of aliphatic hydroxyl groups is 1. The van der Waals surface area contributed by atoms with Crippen LogP contribution in [0.4, 0.5) is 0 Å². The summed E-state index contributed by atoms with van der Waals surface area (Å²) in [4.78, 5) is 15.0. The van der Waals surface area contributed by atoms with Gasteiger partial charge in [0, 0.05) is 16.6 Å². The van der Waals surface area contributed by atoms with Crippen molar-refractivity contribution in [3.05, 3.63) is 35.0 Å². The third-order valence-electron chi connectivity index (χ3n) is 3.04. The van der Waals surface area contributed by atoms with Gasteiger partial charge in [0.1, 0.15) is 0 Å². The lowest BCUT2D eigenvalue weighted by Gasteiger charge is -2.06. The second-order valence-corrected chi connectivity index (χ2v) is 4.53. The van der Waals surface area contributed by atoms with Gasteiger partial charge in [0.05, 0.1) is 13.0 Å². The third kappa shape index (κ3) is 2.89. The summed E-state index contributed by atoms with van der Waals surface area (Å²) in [6.07, 6.45) is 0.154. The number of rotatable bonds is 3. The number of nitrogens with two attached hydrogens (primary N) is 1. The molecule has 106 valence electrons. The van der Waals surface area contributed by atoms with Gasteiger partial charge >= 0.3 is 0 Å². The number of hydrogen-bond acceptors (Lipinski definition) is 3. The fourth-order valence-electron chi connectivity index (χ4n) is 2.10. The fraction of sp³-hybridized carbons (Fsp3) is 0.231. The maximum absolute atomic E-state index is 11.8. The Morgan fingerprint density at radius 2 is 2.20 bits per heavy atom. The molecule has 0 fully saturated rings. The Balaban J connectivity index is 2.26. The molecule has 1 aromatic carbocycles. The standard InChI is InChI=1S/C13H17N5O2/c1-7-9(5-12(20)17-18-13(14)15)10-4-8(6-19)2-3-11(10)16-7/h2-4,16,19H,5-6H2,1H3,(H,17,20)(H4,14,15,18). The van der Waals surface area contributed by atoms with Gasteiger partial charge in [-0.15, -0.1) is 0 Å². The first-order valence-corrected chi connectivity index (χ1v) is 6.11. The van der Waals surface area contributed by atoms with Crippen LogP contribution in [-0.4, -0.2) is 22.0 Å². The van der Waals surface area contributed by atoms with E-state index in [-0.39, 0.29) is 24.9 Å². The van der Waals surface area contributed by atoms with Crippen LogP contribution in [0.2, 0.25) is 0 Å². The summed E-state index contributed by atoms with van der Waals surface area (Å²) in [5, 5.41) is 17.1. The maximum atomic E-state index is 11.8. The molecule has 7 heteroatoms. The monoisotopic (exact) mass is 275 g/mol. The zero-order valence-corrected chi connectivity index (χ0v) is 11.1. The van der Waals surface area contributed by atoms with Crippen molar-refractivity contribution in [1.82, 2.24) is 15.8 Å². The molecule has 0 atom stereocenters. The number of aromatic nitrogens is 1. The van der Waals surface area contributed by atoms with Crippen molar-refractivity contribution in [2.45, 2.75) is 20.0 Å². The molecule has 1 aromatic heterocycles. The lowest BCUT2D eigenvalue weighted by atomic mass is 10.1. The number of aryl methyl sites for hydroxylation is 1. The average molecular weight is 275 g/mol. The van der Waals surface area contributed by atoms with E-state index in [2.05, 4.69) is 15.8 Å². The first-order chi connectivity index (χ1) is 9.51. The highest BCUT2D eigenvalue weighted by molar-refractivity contribution is 5.91. The van der Waals surface area contributed by atoms with Gasteiger partial charge in [-0.2, -0.15) is 0 Å². The molecular formula is C13H17N5O2. The molecule has 0 aliphatic heterocycles. The van der Waals surface area contributed by atoms with Crippen molar-refractivity contribution in [2.75, 3.05) is 0 Å². The zero-order valence-electron chi connectivity index (χ0n) is 11.1. The number of benzene rings is 1. The number of H-pyrrole nitrogens is 1.